The van der Waals surface area contributed by atoms with Gasteiger partial charge in [0.25, 0.3) is 0 Å². The fraction of sp³-hybridized carbons (Fsp3) is 1.00. The van der Waals surface area contributed by atoms with Gasteiger partial charge in [-0.2, -0.15) is 0 Å². The number of hydrogen-bond donors (Lipinski definition) is 2. The van der Waals surface area contributed by atoms with Gasteiger partial charge in [-0.25, -0.2) is 0 Å². The van der Waals surface area contributed by atoms with Gasteiger partial charge < -0.3 is 10.2 Å². The molecule has 0 rings (SSSR count). The largest absolute Gasteiger partial charge is 0.362 e. The molecule has 2 nitrogen and oxygen atoms in total. The van der Waals surface area contributed by atoms with E-state index in [4.69, 9.17) is 0 Å². The quantitative estimate of drug-likeness (QED) is 0.0491. The summed E-state index contributed by atoms with van der Waals surface area (Å²) in [6, 6.07) is 0. The van der Waals surface area contributed by atoms with E-state index in [0.717, 1.165) is 12.3 Å². The molecule has 0 aromatic heterocycles. The van der Waals surface area contributed by atoms with Crippen LogP contribution < -0.4 is 0 Å². The van der Waals surface area contributed by atoms with Gasteiger partial charge >= 0.3 is 0 Å². The fourth-order valence-electron chi connectivity index (χ4n) is 5.54. The second-order valence-electron chi connectivity index (χ2n) is 12.1. The van der Waals surface area contributed by atoms with Crippen molar-refractivity contribution in [3.63, 3.8) is 0 Å². The van der Waals surface area contributed by atoms with Gasteiger partial charge in [0.15, 0.2) is 5.53 Å². The third-order valence-electron chi connectivity index (χ3n) is 8.16. The first-order valence-corrected chi connectivity index (χ1v) is 21.0. The molecule has 0 unspecified atom stereocenters. The van der Waals surface area contributed by atoms with Crippen molar-refractivity contribution in [1.82, 2.24) is 0 Å². The standard InChI is InChI=1S/C34H72O2P2/c1-5-9-13-17-21-25-29-37(30-26-22-18-14-10-6-2)33-34(35,36)38(31-27-23-19-15-11-7-3)32-28-24-20-16-12-8-4/h35-36H,5-33H2,1-4H3. The molecule has 0 amide bonds. The van der Waals surface area contributed by atoms with Crippen LogP contribution in [0.15, 0.2) is 0 Å². The minimum atomic E-state index is -1.39. The van der Waals surface area contributed by atoms with Gasteiger partial charge in [-0.05, 0) is 58.3 Å². The third-order valence-corrected chi connectivity index (χ3v) is 14.1. The van der Waals surface area contributed by atoms with Gasteiger partial charge in [-0.3, -0.25) is 0 Å². The number of aliphatic hydroxyl groups is 2. The zero-order chi connectivity index (χ0) is 28.2. The van der Waals surface area contributed by atoms with Crippen molar-refractivity contribution in [2.24, 2.45) is 0 Å². The Labute approximate surface area is 243 Å². The van der Waals surface area contributed by atoms with E-state index >= 15 is 0 Å². The van der Waals surface area contributed by atoms with Gasteiger partial charge in [0.1, 0.15) is 0 Å². The molecule has 0 aliphatic carbocycles. The van der Waals surface area contributed by atoms with E-state index in [2.05, 4.69) is 27.7 Å². The molecule has 0 heterocycles. The molecule has 0 saturated heterocycles. The Hall–Kier alpha value is 0.780. The highest BCUT2D eigenvalue weighted by Crippen LogP contribution is 2.54. The lowest BCUT2D eigenvalue weighted by molar-refractivity contribution is -0.0621. The summed E-state index contributed by atoms with van der Waals surface area (Å²) < 4.78 is 0. The number of rotatable bonds is 31. The predicted molar refractivity (Wildman–Crippen MR) is 179 cm³/mol. The van der Waals surface area contributed by atoms with Crippen molar-refractivity contribution in [1.29, 1.82) is 0 Å². The fourth-order valence-corrected chi connectivity index (χ4v) is 11.6. The molecule has 0 aliphatic heterocycles. The molecule has 2 N–H and O–H groups in total. The molecule has 0 spiro atoms. The smallest absolute Gasteiger partial charge is 0.185 e. The topological polar surface area (TPSA) is 40.5 Å². The average molecular weight is 575 g/mol. The molecule has 0 fully saturated rings. The van der Waals surface area contributed by atoms with Crippen molar-refractivity contribution in [2.45, 2.75) is 187 Å². The highest BCUT2D eigenvalue weighted by molar-refractivity contribution is 7.62. The molecule has 0 saturated carbocycles. The van der Waals surface area contributed by atoms with Crippen molar-refractivity contribution in [3.05, 3.63) is 0 Å². The lowest BCUT2D eigenvalue weighted by atomic mass is 10.1. The summed E-state index contributed by atoms with van der Waals surface area (Å²) in [6.45, 7) is 9.13. The Balaban J connectivity index is 4.93. The van der Waals surface area contributed by atoms with Gasteiger partial charge in [-0.15, -0.1) is 7.92 Å². The minimum Gasteiger partial charge on any atom is -0.362 e. The molecule has 4 heteroatoms. The first kappa shape index (κ1) is 38.8. The van der Waals surface area contributed by atoms with E-state index in [1.54, 1.807) is 0 Å². The van der Waals surface area contributed by atoms with Crippen LogP contribution in [-0.2, 0) is 0 Å². The Bertz CT molecular complexity index is 426. The Morgan fingerprint density at radius 3 is 0.947 bits per heavy atom. The average Bonchev–Trinajstić information content (AvgIpc) is 2.90. The first-order chi connectivity index (χ1) is 18.5. The zero-order valence-corrected chi connectivity index (χ0v) is 28.6. The molecule has 0 atom stereocenters. The van der Waals surface area contributed by atoms with Gasteiger partial charge in [0.05, 0.1) is 0 Å². The summed E-state index contributed by atoms with van der Waals surface area (Å²) in [7, 11) is -0.979. The second-order valence-corrected chi connectivity index (χ2v) is 17.4. The lowest BCUT2D eigenvalue weighted by Crippen LogP contribution is -2.32. The van der Waals surface area contributed by atoms with Crippen molar-refractivity contribution >= 4 is 15.8 Å². The molecular weight excluding hydrogens is 502 g/mol. The van der Waals surface area contributed by atoms with Gasteiger partial charge in [0.2, 0.25) is 0 Å². The van der Waals surface area contributed by atoms with Crippen molar-refractivity contribution < 1.29 is 10.2 Å². The molecule has 230 valence electrons. The summed E-state index contributed by atoms with van der Waals surface area (Å²) in [6.07, 6.45) is 37.0. The van der Waals surface area contributed by atoms with Crippen LogP contribution in [0.2, 0.25) is 0 Å². The van der Waals surface area contributed by atoms with Crippen LogP contribution in [0.4, 0.5) is 0 Å². The van der Waals surface area contributed by atoms with Crippen LogP contribution in [0.1, 0.15) is 182 Å². The molecule has 0 bridgehead atoms. The van der Waals surface area contributed by atoms with Crippen molar-refractivity contribution in [3.8, 4) is 0 Å². The summed E-state index contributed by atoms with van der Waals surface area (Å²) in [5, 5.41) is 23.1. The SMILES string of the molecule is CCCCCCCCP(CCCCCCCC)CC(O)(O)P(CCCCCCCC)CCCCCCCC. The van der Waals surface area contributed by atoms with E-state index in [1.807, 2.05) is 0 Å². The Morgan fingerprint density at radius 1 is 0.368 bits per heavy atom. The third kappa shape index (κ3) is 24.6. The summed E-state index contributed by atoms with van der Waals surface area (Å²) in [4.78, 5) is 0. The molecule has 0 aromatic carbocycles. The molecular formula is C34H72O2P2. The molecule has 38 heavy (non-hydrogen) atoms. The first-order valence-electron chi connectivity index (χ1n) is 17.4. The number of unbranched alkanes of at least 4 members (excludes halogenated alkanes) is 20. The Morgan fingerprint density at radius 2 is 0.632 bits per heavy atom. The lowest BCUT2D eigenvalue weighted by Gasteiger charge is -2.35. The maximum atomic E-state index is 11.6. The molecule has 0 aromatic rings. The van der Waals surface area contributed by atoms with E-state index in [-0.39, 0.29) is 7.92 Å². The monoisotopic (exact) mass is 575 g/mol. The van der Waals surface area contributed by atoms with Crippen LogP contribution in [-0.4, -0.2) is 46.6 Å². The zero-order valence-electron chi connectivity index (χ0n) is 26.8. The summed E-state index contributed by atoms with van der Waals surface area (Å²) in [5.41, 5.74) is -1.39. The van der Waals surface area contributed by atoms with E-state index in [1.165, 1.54) is 166 Å². The normalized spacial score (nSPS) is 12.3. The highest BCUT2D eigenvalue weighted by Gasteiger charge is 2.35. The Kier molecular flexibility index (Phi) is 29.9. The maximum absolute atomic E-state index is 11.6. The summed E-state index contributed by atoms with van der Waals surface area (Å²) in [5.74, 6) is 0. The highest BCUT2D eigenvalue weighted by atomic mass is 31.1. The van der Waals surface area contributed by atoms with Crippen LogP contribution >= 0.6 is 15.8 Å². The van der Waals surface area contributed by atoms with Crippen LogP contribution in [0, 0.1) is 0 Å². The van der Waals surface area contributed by atoms with Crippen LogP contribution in [0.3, 0.4) is 0 Å². The van der Waals surface area contributed by atoms with E-state index < -0.39 is 13.4 Å². The van der Waals surface area contributed by atoms with Crippen LogP contribution in [0.5, 0.6) is 0 Å². The maximum Gasteiger partial charge on any atom is 0.185 e. The second kappa shape index (κ2) is 29.3. The van der Waals surface area contributed by atoms with Crippen molar-refractivity contribution in [2.75, 3.05) is 30.8 Å². The minimum absolute atomic E-state index is 0.267. The molecule has 0 radical (unpaired) electrons. The van der Waals surface area contributed by atoms with E-state index in [0.29, 0.717) is 6.16 Å². The van der Waals surface area contributed by atoms with Crippen LogP contribution in [0.25, 0.3) is 0 Å². The van der Waals surface area contributed by atoms with Gasteiger partial charge in [-0.1, -0.05) is 156 Å². The molecule has 0 aliphatic rings. The van der Waals surface area contributed by atoms with E-state index in [9.17, 15) is 10.2 Å². The number of hydrogen-bond acceptors (Lipinski definition) is 2. The summed E-state index contributed by atoms with van der Waals surface area (Å²) >= 11 is 0. The van der Waals surface area contributed by atoms with Gasteiger partial charge in [0, 0.05) is 6.16 Å². The predicted octanol–water partition coefficient (Wildman–Crippen LogP) is 12.0.